The second-order valence-corrected chi connectivity index (χ2v) is 5.36. The number of nitrogens with one attached hydrogen (secondary N) is 1. The number of amides is 2. The molecule has 7 heteroatoms. The van der Waals surface area contributed by atoms with Gasteiger partial charge in [0.1, 0.15) is 11.6 Å². The molecule has 1 unspecified atom stereocenters. The molecule has 0 fully saturated rings. The number of carbonyl (C=O) groups is 2. The zero-order valence-electron chi connectivity index (χ0n) is 13.1. The molecule has 1 aromatic rings. The number of halogens is 1. The van der Waals surface area contributed by atoms with Crippen molar-refractivity contribution < 1.29 is 23.8 Å². The van der Waals surface area contributed by atoms with Gasteiger partial charge in [-0.05, 0) is 26.0 Å². The quantitative estimate of drug-likeness (QED) is 0.846. The molecule has 2 amide bonds. The number of hydrogen-bond acceptors (Lipinski definition) is 3. The Kier molecular flexibility index (Phi) is 6.15. The van der Waals surface area contributed by atoms with Gasteiger partial charge in [0.05, 0.1) is 17.7 Å². The molecule has 0 aliphatic carbocycles. The van der Waals surface area contributed by atoms with Crippen LogP contribution in [0.25, 0.3) is 0 Å². The predicted molar refractivity (Wildman–Crippen MR) is 80.6 cm³/mol. The lowest BCUT2D eigenvalue weighted by atomic mass is 10.2. The zero-order valence-corrected chi connectivity index (χ0v) is 13.1. The van der Waals surface area contributed by atoms with E-state index in [4.69, 9.17) is 9.84 Å². The number of aliphatic carboxylic acids is 1. The van der Waals surface area contributed by atoms with Crippen molar-refractivity contribution in [3.05, 3.63) is 24.0 Å². The zero-order chi connectivity index (χ0) is 16.9. The van der Waals surface area contributed by atoms with Crippen LogP contribution in [0.2, 0.25) is 0 Å². The molecular weight excluding hydrogens is 291 g/mol. The second-order valence-electron chi connectivity index (χ2n) is 5.36. The third-order valence-corrected chi connectivity index (χ3v) is 2.86. The number of anilines is 1. The molecule has 0 aliphatic heterocycles. The highest BCUT2D eigenvalue weighted by molar-refractivity contribution is 5.91. The third-order valence-electron chi connectivity index (χ3n) is 2.86. The lowest BCUT2D eigenvalue weighted by Gasteiger charge is -2.21. The van der Waals surface area contributed by atoms with Gasteiger partial charge in [-0.1, -0.05) is 6.92 Å². The van der Waals surface area contributed by atoms with Crippen LogP contribution in [0.3, 0.4) is 0 Å². The molecular formula is C15H21FN2O4. The molecule has 0 aromatic heterocycles. The van der Waals surface area contributed by atoms with Gasteiger partial charge in [-0.15, -0.1) is 0 Å². The van der Waals surface area contributed by atoms with Gasteiger partial charge < -0.3 is 20.1 Å². The van der Waals surface area contributed by atoms with Crippen LogP contribution in [0.1, 0.15) is 20.8 Å². The van der Waals surface area contributed by atoms with E-state index in [1.165, 1.54) is 37.1 Å². The largest absolute Gasteiger partial charge is 0.489 e. The molecule has 6 nitrogen and oxygen atoms in total. The minimum atomic E-state index is -0.981. The van der Waals surface area contributed by atoms with Crippen molar-refractivity contribution in [1.29, 1.82) is 0 Å². The van der Waals surface area contributed by atoms with Crippen LogP contribution in [0.15, 0.2) is 18.2 Å². The van der Waals surface area contributed by atoms with Gasteiger partial charge in [0, 0.05) is 19.7 Å². The van der Waals surface area contributed by atoms with Crippen LogP contribution >= 0.6 is 0 Å². The highest BCUT2D eigenvalue weighted by Gasteiger charge is 2.18. The maximum atomic E-state index is 13.3. The van der Waals surface area contributed by atoms with E-state index in [1.54, 1.807) is 13.8 Å². The molecule has 1 atom stereocenters. The van der Waals surface area contributed by atoms with Crippen molar-refractivity contribution in [2.75, 3.05) is 18.9 Å². The summed E-state index contributed by atoms with van der Waals surface area (Å²) in [6, 6.07) is 3.31. The SMILES string of the molecule is CC(C)Oc1cc(F)ccc1NC(=O)N(C)CC(C)C(=O)O. The van der Waals surface area contributed by atoms with Crippen LogP contribution in [-0.2, 0) is 4.79 Å². The first-order valence-electron chi connectivity index (χ1n) is 6.91. The summed E-state index contributed by atoms with van der Waals surface area (Å²) in [5, 5.41) is 11.4. The molecule has 0 saturated carbocycles. The highest BCUT2D eigenvalue weighted by atomic mass is 19.1. The number of ether oxygens (including phenoxy) is 1. The molecule has 0 bridgehead atoms. The molecule has 0 heterocycles. The number of rotatable bonds is 6. The first kappa shape index (κ1) is 17.7. The van der Waals surface area contributed by atoms with E-state index < -0.39 is 23.7 Å². The topological polar surface area (TPSA) is 78.9 Å². The Bertz CT molecular complexity index is 548. The Morgan fingerprint density at radius 1 is 1.36 bits per heavy atom. The summed E-state index contributed by atoms with van der Waals surface area (Å²) in [7, 11) is 1.49. The minimum absolute atomic E-state index is 0.0583. The smallest absolute Gasteiger partial charge is 0.321 e. The molecule has 0 aliphatic rings. The summed E-state index contributed by atoms with van der Waals surface area (Å²) in [6.45, 7) is 5.15. The average molecular weight is 312 g/mol. The van der Waals surface area contributed by atoms with Gasteiger partial charge in [-0.2, -0.15) is 0 Å². The molecule has 122 valence electrons. The number of hydrogen-bond donors (Lipinski definition) is 2. The van der Waals surface area contributed by atoms with Gasteiger partial charge in [0.2, 0.25) is 0 Å². The lowest BCUT2D eigenvalue weighted by molar-refractivity contribution is -0.141. The van der Waals surface area contributed by atoms with Crippen LogP contribution in [0, 0.1) is 11.7 Å². The Hall–Kier alpha value is -2.31. The van der Waals surface area contributed by atoms with Crippen molar-refractivity contribution in [3.63, 3.8) is 0 Å². The fourth-order valence-electron chi connectivity index (χ4n) is 1.73. The maximum Gasteiger partial charge on any atom is 0.321 e. The van der Waals surface area contributed by atoms with Crippen molar-refractivity contribution in [2.45, 2.75) is 26.9 Å². The fraction of sp³-hybridized carbons (Fsp3) is 0.467. The number of carboxylic acid groups (broad SMARTS) is 1. The van der Waals surface area contributed by atoms with E-state index in [0.29, 0.717) is 5.69 Å². The number of urea groups is 1. The Morgan fingerprint density at radius 3 is 2.55 bits per heavy atom. The maximum absolute atomic E-state index is 13.3. The van der Waals surface area contributed by atoms with E-state index in [9.17, 15) is 14.0 Å². The van der Waals surface area contributed by atoms with Crippen molar-refractivity contribution in [1.82, 2.24) is 4.90 Å². The minimum Gasteiger partial charge on any atom is -0.489 e. The Balaban J connectivity index is 2.81. The summed E-state index contributed by atoms with van der Waals surface area (Å²) in [5.41, 5.74) is 0.329. The summed E-state index contributed by atoms with van der Waals surface area (Å²) >= 11 is 0. The van der Waals surface area contributed by atoms with E-state index in [0.717, 1.165) is 0 Å². The summed E-state index contributed by atoms with van der Waals surface area (Å²) < 4.78 is 18.7. The predicted octanol–water partition coefficient (Wildman–Crippen LogP) is 2.80. The van der Waals surface area contributed by atoms with Crippen molar-refractivity contribution in [2.24, 2.45) is 5.92 Å². The Labute approximate surface area is 128 Å². The monoisotopic (exact) mass is 312 g/mol. The molecule has 22 heavy (non-hydrogen) atoms. The first-order valence-corrected chi connectivity index (χ1v) is 6.91. The number of carboxylic acids is 1. The van der Waals surface area contributed by atoms with Gasteiger partial charge in [0.15, 0.2) is 0 Å². The summed E-state index contributed by atoms with van der Waals surface area (Å²) in [4.78, 5) is 24.1. The number of benzene rings is 1. The van der Waals surface area contributed by atoms with Crippen LogP contribution in [-0.4, -0.2) is 41.7 Å². The van der Waals surface area contributed by atoms with E-state index in [2.05, 4.69) is 5.32 Å². The van der Waals surface area contributed by atoms with Crippen LogP contribution in [0.5, 0.6) is 5.75 Å². The standard InChI is InChI=1S/C15H21FN2O4/c1-9(2)22-13-7-11(16)5-6-12(13)17-15(21)18(4)8-10(3)14(19)20/h5-7,9-10H,8H2,1-4H3,(H,17,21)(H,19,20). The highest BCUT2D eigenvalue weighted by Crippen LogP contribution is 2.26. The molecule has 0 spiro atoms. The van der Waals surface area contributed by atoms with Crippen molar-refractivity contribution >= 4 is 17.7 Å². The van der Waals surface area contributed by atoms with Gasteiger partial charge in [0.25, 0.3) is 0 Å². The molecule has 1 aromatic carbocycles. The molecule has 0 radical (unpaired) electrons. The molecule has 1 rings (SSSR count). The van der Waals surface area contributed by atoms with Crippen molar-refractivity contribution in [3.8, 4) is 5.75 Å². The van der Waals surface area contributed by atoms with E-state index >= 15 is 0 Å². The third kappa shape index (κ3) is 5.23. The molecule has 0 saturated heterocycles. The van der Waals surface area contributed by atoms with Gasteiger partial charge >= 0.3 is 12.0 Å². The molecule has 2 N–H and O–H groups in total. The van der Waals surface area contributed by atoms with Gasteiger partial charge in [-0.3, -0.25) is 4.79 Å². The second kappa shape index (κ2) is 7.63. The van der Waals surface area contributed by atoms with E-state index in [1.807, 2.05) is 0 Å². The normalized spacial score (nSPS) is 11.9. The first-order chi connectivity index (χ1) is 10.2. The lowest BCUT2D eigenvalue weighted by Crippen LogP contribution is -2.36. The fourth-order valence-corrected chi connectivity index (χ4v) is 1.73. The summed E-state index contributed by atoms with van der Waals surface area (Å²) in [5.74, 6) is -1.91. The van der Waals surface area contributed by atoms with E-state index in [-0.39, 0.29) is 18.4 Å². The number of nitrogens with zero attached hydrogens (tertiary/aromatic N) is 1. The summed E-state index contributed by atoms with van der Waals surface area (Å²) in [6.07, 6.45) is -0.179. The average Bonchev–Trinajstić information content (AvgIpc) is 2.40. The number of carbonyl (C=O) groups excluding carboxylic acids is 1. The van der Waals surface area contributed by atoms with Gasteiger partial charge in [-0.25, -0.2) is 9.18 Å². The van der Waals surface area contributed by atoms with Crippen LogP contribution < -0.4 is 10.1 Å². The Morgan fingerprint density at radius 2 is 2.00 bits per heavy atom. The van der Waals surface area contributed by atoms with Crippen LogP contribution in [0.4, 0.5) is 14.9 Å².